The van der Waals surface area contributed by atoms with E-state index in [0.29, 0.717) is 6.10 Å². The molecule has 1 unspecified atom stereocenters. The topological polar surface area (TPSA) is 54.9 Å². The molecule has 1 atom stereocenters. The summed E-state index contributed by atoms with van der Waals surface area (Å²) in [5.74, 6) is 0.813. The molecule has 0 bridgehead atoms. The number of rotatable bonds is 5. The van der Waals surface area contributed by atoms with Crippen LogP contribution in [0.2, 0.25) is 5.02 Å². The van der Waals surface area contributed by atoms with E-state index in [1.807, 2.05) is 12.1 Å². The molecule has 0 saturated carbocycles. The van der Waals surface area contributed by atoms with Crippen LogP contribution < -0.4 is 10.6 Å². The Morgan fingerprint density at radius 2 is 2.00 bits per heavy atom. The average Bonchev–Trinajstić information content (AvgIpc) is 3.16. The Kier molecular flexibility index (Phi) is 8.93. The molecule has 2 saturated heterocycles. The molecule has 0 aliphatic carbocycles. The number of nitrogens with one attached hydrogen (secondary N) is 2. The van der Waals surface area contributed by atoms with Gasteiger partial charge in [0.05, 0.1) is 6.10 Å². The normalized spacial score (nSPS) is 22.5. The van der Waals surface area contributed by atoms with Crippen molar-refractivity contribution in [2.75, 3.05) is 40.0 Å². The molecule has 7 heteroatoms. The van der Waals surface area contributed by atoms with Crippen LogP contribution >= 0.6 is 35.6 Å². The van der Waals surface area contributed by atoms with Gasteiger partial charge in [-0.3, -0.25) is 4.99 Å². The molecule has 26 heavy (non-hydrogen) atoms. The third-order valence-corrected chi connectivity index (χ3v) is 5.56. The Balaban J connectivity index is 0.00000243. The molecule has 146 valence electrons. The van der Waals surface area contributed by atoms with Crippen LogP contribution in [0.1, 0.15) is 31.2 Å². The van der Waals surface area contributed by atoms with E-state index in [4.69, 9.17) is 21.1 Å². The van der Waals surface area contributed by atoms with E-state index in [9.17, 15) is 0 Å². The van der Waals surface area contributed by atoms with E-state index in [2.05, 4.69) is 27.8 Å². The summed E-state index contributed by atoms with van der Waals surface area (Å²) in [6.07, 6.45) is 4.46. The lowest BCUT2D eigenvalue weighted by molar-refractivity contribution is 0.0514. The molecule has 1 aromatic rings. The predicted molar refractivity (Wildman–Crippen MR) is 117 cm³/mol. The number of aliphatic imine (C=N–C) groups is 1. The number of halogens is 2. The first-order valence-corrected chi connectivity index (χ1v) is 9.50. The lowest BCUT2D eigenvalue weighted by Gasteiger charge is -2.38. The zero-order valence-corrected chi connectivity index (χ0v) is 18.4. The minimum atomic E-state index is -0.0297. The van der Waals surface area contributed by atoms with E-state index in [-0.39, 0.29) is 29.4 Å². The van der Waals surface area contributed by atoms with Crippen molar-refractivity contribution < 1.29 is 9.47 Å². The summed E-state index contributed by atoms with van der Waals surface area (Å²) in [7, 11) is 1.80. The van der Waals surface area contributed by atoms with Gasteiger partial charge in [0.15, 0.2) is 5.96 Å². The van der Waals surface area contributed by atoms with E-state index in [1.54, 1.807) is 7.05 Å². The van der Waals surface area contributed by atoms with Crippen molar-refractivity contribution in [1.29, 1.82) is 0 Å². The van der Waals surface area contributed by atoms with Crippen LogP contribution in [0, 0.1) is 0 Å². The fourth-order valence-corrected chi connectivity index (χ4v) is 4.02. The largest absolute Gasteiger partial charge is 0.381 e. The second kappa shape index (κ2) is 10.7. The van der Waals surface area contributed by atoms with Gasteiger partial charge in [-0.2, -0.15) is 0 Å². The number of guanidine groups is 1. The Labute approximate surface area is 178 Å². The summed E-state index contributed by atoms with van der Waals surface area (Å²) in [5.41, 5.74) is 1.17. The van der Waals surface area contributed by atoms with Gasteiger partial charge in [-0.05, 0) is 37.3 Å². The molecule has 2 N–H and O–H groups in total. The SMILES string of the molecule is CN=C(NCC1CCCO1)NCC1(c2ccccc2Cl)CCOCC1.I. The van der Waals surface area contributed by atoms with Crippen molar-refractivity contribution in [2.24, 2.45) is 4.99 Å². The van der Waals surface area contributed by atoms with Gasteiger partial charge in [0, 0.05) is 50.4 Å². The van der Waals surface area contributed by atoms with Crippen molar-refractivity contribution in [3.05, 3.63) is 34.9 Å². The minimum Gasteiger partial charge on any atom is -0.381 e. The third-order valence-electron chi connectivity index (χ3n) is 5.23. The number of ether oxygens (including phenoxy) is 2. The van der Waals surface area contributed by atoms with Crippen LogP contribution in [0.5, 0.6) is 0 Å². The highest BCUT2D eigenvalue weighted by atomic mass is 127. The third kappa shape index (κ3) is 5.47. The number of benzene rings is 1. The molecular formula is C19H29ClIN3O2. The van der Waals surface area contributed by atoms with Gasteiger partial charge >= 0.3 is 0 Å². The maximum Gasteiger partial charge on any atom is 0.191 e. The predicted octanol–water partition coefficient (Wildman–Crippen LogP) is 3.35. The Morgan fingerprint density at radius 1 is 1.23 bits per heavy atom. The number of hydrogen-bond donors (Lipinski definition) is 2. The van der Waals surface area contributed by atoms with Crippen molar-refractivity contribution in [3.63, 3.8) is 0 Å². The molecule has 2 fully saturated rings. The first-order valence-electron chi connectivity index (χ1n) is 9.12. The smallest absolute Gasteiger partial charge is 0.191 e. The van der Waals surface area contributed by atoms with Crippen LogP contribution in [-0.2, 0) is 14.9 Å². The molecular weight excluding hydrogens is 465 g/mol. The van der Waals surface area contributed by atoms with Gasteiger partial charge in [0.25, 0.3) is 0 Å². The Hall–Kier alpha value is -0.570. The molecule has 2 aliphatic rings. The van der Waals surface area contributed by atoms with Gasteiger partial charge in [-0.15, -0.1) is 24.0 Å². The quantitative estimate of drug-likeness (QED) is 0.375. The van der Waals surface area contributed by atoms with Gasteiger partial charge in [0.2, 0.25) is 0 Å². The van der Waals surface area contributed by atoms with E-state index in [1.165, 1.54) is 5.56 Å². The number of hydrogen-bond acceptors (Lipinski definition) is 3. The summed E-state index contributed by atoms with van der Waals surface area (Å²) in [6, 6.07) is 8.15. The molecule has 2 heterocycles. The Morgan fingerprint density at radius 3 is 2.65 bits per heavy atom. The maximum absolute atomic E-state index is 6.51. The molecule has 5 nitrogen and oxygen atoms in total. The van der Waals surface area contributed by atoms with E-state index in [0.717, 1.165) is 69.6 Å². The van der Waals surface area contributed by atoms with Gasteiger partial charge in [0.1, 0.15) is 0 Å². The first kappa shape index (κ1) is 21.7. The highest BCUT2D eigenvalue weighted by Gasteiger charge is 2.36. The zero-order valence-electron chi connectivity index (χ0n) is 15.3. The summed E-state index contributed by atoms with van der Waals surface area (Å²) in [5, 5.41) is 7.71. The molecule has 0 radical (unpaired) electrons. The molecule has 0 aromatic heterocycles. The summed E-state index contributed by atoms with van der Waals surface area (Å²) >= 11 is 6.51. The number of nitrogens with zero attached hydrogens (tertiary/aromatic N) is 1. The lowest BCUT2D eigenvalue weighted by Crippen LogP contribution is -2.49. The van der Waals surface area contributed by atoms with Crippen LogP contribution in [0.4, 0.5) is 0 Å². The lowest BCUT2D eigenvalue weighted by atomic mass is 9.74. The Bertz CT molecular complexity index is 588. The van der Waals surface area contributed by atoms with Crippen LogP contribution in [0.3, 0.4) is 0 Å². The molecule has 3 rings (SSSR count). The highest BCUT2D eigenvalue weighted by molar-refractivity contribution is 14.0. The molecule has 0 spiro atoms. The zero-order chi connectivity index (χ0) is 17.5. The van der Waals surface area contributed by atoms with Crippen LogP contribution in [0.15, 0.2) is 29.3 Å². The summed E-state index contributed by atoms with van der Waals surface area (Å²) < 4.78 is 11.3. The maximum atomic E-state index is 6.51. The fourth-order valence-electron chi connectivity index (χ4n) is 3.68. The van der Waals surface area contributed by atoms with Gasteiger partial charge in [-0.25, -0.2) is 0 Å². The van der Waals surface area contributed by atoms with Crippen molar-refractivity contribution in [3.8, 4) is 0 Å². The summed E-state index contributed by atoms with van der Waals surface area (Å²) in [6.45, 7) is 3.96. The molecule has 2 aliphatic heterocycles. The van der Waals surface area contributed by atoms with Crippen LogP contribution in [0.25, 0.3) is 0 Å². The fraction of sp³-hybridized carbons (Fsp3) is 0.632. The monoisotopic (exact) mass is 493 g/mol. The van der Waals surface area contributed by atoms with Gasteiger partial charge < -0.3 is 20.1 Å². The average molecular weight is 494 g/mol. The second-order valence-electron chi connectivity index (χ2n) is 6.81. The molecule has 0 amide bonds. The van der Waals surface area contributed by atoms with E-state index < -0.39 is 0 Å². The van der Waals surface area contributed by atoms with Gasteiger partial charge in [-0.1, -0.05) is 29.8 Å². The minimum absolute atomic E-state index is 0. The molecule has 1 aromatic carbocycles. The van der Waals surface area contributed by atoms with Crippen molar-refractivity contribution >= 4 is 41.5 Å². The van der Waals surface area contributed by atoms with E-state index >= 15 is 0 Å². The standard InChI is InChI=1S/C19H28ClN3O2.HI/c1-21-18(22-13-15-5-4-10-25-15)23-14-19(8-11-24-12-9-19)16-6-2-3-7-17(16)20;/h2-3,6-7,15H,4-5,8-14H2,1H3,(H2,21,22,23);1H. The van der Waals surface area contributed by atoms with Crippen molar-refractivity contribution in [2.45, 2.75) is 37.2 Å². The summed E-state index contributed by atoms with van der Waals surface area (Å²) in [4.78, 5) is 4.36. The first-order chi connectivity index (χ1) is 12.2. The van der Waals surface area contributed by atoms with Crippen molar-refractivity contribution in [1.82, 2.24) is 10.6 Å². The van der Waals surface area contributed by atoms with Crippen LogP contribution in [-0.4, -0.2) is 52.0 Å². The second-order valence-corrected chi connectivity index (χ2v) is 7.22. The highest BCUT2D eigenvalue weighted by Crippen LogP contribution is 2.38.